The lowest BCUT2D eigenvalue weighted by atomic mass is 10.2. The molecule has 1 aromatic carbocycles. The highest BCUT2D eigenvalue weighted by molar-refractivity contribution is 14.1. The molecule has 0 aliphatic carbocycles. The Labute approximate surface area is 142 Å². The van der Waals surface area contributed by atoms with Gasteiger partial charge in [0.25, 0.3) is 5.91 Å². The molecular formula is C16H17IN2O3. The van der Waals surface area contributed by atoms with E-state index in [2.05, 4.69) is 32.9 Å². The van der Waals surface area contributed by atoms with Gasteiger partial charge in [0.05, 0.1) is 10.2 Å². The average molecular weight is 412 g/mol. The minimum atomic E-state index is -0.362. The molecule has 0 unspecified atom stereocenters. The minimum absolute atomic E-state index is 0.148. The first kappa shape index (κ1) is 16.5. The first-order valence-corrected chi connectivity index (χ1v) is 8.09. The fraction of sp³-hybridized carbons (Fsp3) is 0.250. The number of hydrogen-bond acceptors (Lipinski definition) is 3. The lowest BCUT2D eigenvalue weighted by Crippen LogP contribution is -2.25. The van der Waals surface area contributed by atoms with E-state index in [9.17, 15) is 9.59 Å². The Hall–Kier alpha value is -1.83. The van der Waals surface area contributed by atoms with Crippen molar-refractivity contribution in [2.75, 3.05) is 13.2 Å². The summed E-state index contributed by atoms with van der Waals surface area (Å²) in [7, 11) is 0. The highest BCUT2D eigenvalue weighted by atomic mass is 127. The molecule has 2 N–H and O–H groups in total. The standard InChI is InChI=1S/C16H17IN2O3/c1-2-22-13(20)9-5-6-10-18-16(21)15-14(17)11-7-3-4-8-12(11)19-15/h3-5,7-9,19H,2,6,10H2,1H3,(H,18,21)/b9-5+. The normalized spacial score (nSPS) is 11.0. The van der Waals surface area contributed by atoms with Crippen LogP contribution in [0.15, 0.2) is 36.4 Å². The summed E-state index contributed by atoms with van der Waals surface area (Å²) in [6.07, 6.45) is 3.64. The summed E-state index contributed by atoms with van der Waals surface area (Å²) >= 11 is 2.17. The molecule has 0 aliphatic rings. The van der Waals surface area contributed by atoms with Crippen LogP contribution in [0.5, 0.6) is 0 Å². The molecule has 116 valence electrons. The maximum absolute atomic E-state index is 12.2. The summed E-state index contributed by atoms with van der Waals surface area (Å²) in [5, 5.41) is 3.87. The van der Waals surface area contributed by atoms with E-state index >= 15 is 0 Å². The number of carbonyl (C=O) groups is 2. The van der Waals surface area contributed by atoms with Crippen LogP contribution in [0.25, 0.3) is 10.9 Å². The molecule has 0 bridgehead atoms. The van der Waals surface area contributed by atoms with Crippen molar-refractivity contribution in [2.45, 2.75) is 13.3 Å². The Morgan fingerprint density at radius 3 is 2.86 bits per heavy atom. The second kappa shape index (κ2) is 7.98. The van der Waals surface area contributed by atoms with Crippen molar-refractivity contribution < 1.29 is 14.3 Å². The molecule has 6 heteroatoms. The highest BCUT2D eigenvalue weighted by Crippen LogP contribution is 2.23. The number of halogens is 1. The van der Waals surface area contributed by atoms with E-state index in [1.807, 2.05) is 24.3 Å². The number of ether oxygens (including phenoxy) is 1. The van der Waals surface area contributed by atoms with Gasteiger partial charge in [-0.05, 0) is 42.0 Å². The lowest BCUT2D eigenvalue weighted by Gasteiger charge is -2.02. The number of fused-ring (bicyclic) bond motifs is 1. The van der Waals surface area contributed by atoms with Gasteiger partial charge in [-0.25, -0.2) is 4.79 Å². The van der Waals surface area contributed by atoms with Gasteiger partial charge in [-0.3, -0.25) is 4.79 Å². The van der Waals surface area contributed by atoms with Crippen molar-refractivity contribution in [3.8, 4) is 0 Å². The molecule has 5 nitrogen and oxygen atoms in total. The summed E-state index contributed by atoms with van der Waals surface area (Å²) in [6.45, 7) is 2.58. The Kier molecular flexibility index (Phi) is 6.00. The van der Waals surface area contributed by atoms with Gasteiger partial charge in [0, 0.05) is 23.5 Å². The number of rotatable bonds is 6. The van der Waals surface area contributed by atoms with E-state index in [1.165, 1.54) is 6.08 Å². The number of nitrogens with one attached hydrogen (secondary N) is 2. The molecule has 0 spiro atoms. The van der Waals surface area contributed by atoms with Gasteiger partial charge in [0.1, 0.15) is 5.69 Å². The topological polar surface area (TPSA) is 71.2 Å². The zero-order valence-corrected chi connectivity index (χ0v) is 14.3. The molecule has 2 aromatic rings. The van der Waals surface area contributed by atoms with Crippen LogP contribution in [0.1, 0.15) is 23.8 Å². The molecular weight excluding hydrogens is 395 g/mol. The van der Waals surface area contributed by atoms with Gasteiger partial charge in [-0.1, -0.05) is 24.3 Å². The summed E-state index contributed by atoms with van der Waals surface area (Å²) in [5.41, 5.74) is 1.51. The summed E-state index contributed by atoms with van der Waals surface area (Å²) < 4.78 is 5.68. The Balaban J connectivity index is 1.89. The Morgan fingerprint density at radius 1 is 1.36 bits per heavy atom. The van der Waals surface area contributed by atoms with E-state index < -0.39 is 0 Å². The van der Waals surface area contributed by atoms with Crippen LogP contribution >= 0.6 is 22.6 Å². The van der Waals surface area contributed by atoms with Crippen molar-refractivity contribution >= 4 is 45.4 Å². The number of carbonyl (C=O) groups excluding carboxylic acids is 2. The number of aromatic amines is 1. The second-order valence-electron chi connectivity index (χ2n) is 4.56. The highest BCUT2D eigenvalue weighted by Gasteiger charge is 2.14. The summed E-state index contributed by atoms with van der Waals surface area (Å²) in [6, 6.07) is 7.79. The summed E-state index contributed by atoms with van der Waals surface area (Å²) in [4.78, 5) is 26.4. The maximum atomic E-state index is 12.2. The number of para-hydroxylation sites is 1. The maximum Gasteiger partial charge on any atom is 0.330 e. The van der Waals surface area contributed by atoms with Crippen molar-refractivity contribution in [2.24, 2.45) is 0 Å². The number of hydrogen-bond donors (Lipinski definition) is 2. The van der Waals surface area contributed by atoms with Crippen molar-refractivity contribution in [3.63, 3.8) is 0 Å². The molecule has 1 heterocycles. The SMILES string of the molecule is CCOC(=O)/C=C/CCNC(=O)c1[nH]c2ccccc2c1I. The fourth-order valence-electron chi connectivity index (χ4n) is 1.99. The van der Waals surface area contributed by atoms with Crippen LogP contribution in [-0.2, 0) is 9.53 Å². The third-order valence-corrected chi connectivity index (χ3v) is 4.13. The molecule has 0 aliphatic heterocycles. The number of benzene rings is 1. The molecule has 1 amide bonds. The van der Waals surface area contributed by atoms with Crippen molar-refractivity contribution in [3.05, 3.63) is 45.7 Å². The molecule has 2 rings (SSSR count). The van der Waals surface area contributed by atoms with Gasteiger partial charge in [0.15, 0.2) is 0 Å². The van der Waals surface area contributed by atoms with E-state index in [4.69, 9.17) is 4.74 Å². The minimum Gasteiger partial charge on any atom is -0.463 e. The Bertz CT molecular complexity index is 706. The van der Waals surface area contributed by atoms with Crippen LogP contribution in [0.3, 0.4) is 0 Å². The Morgan fingerprint density at radius 2 is 2.14 bits per heavy atom. The van der Waals surface area contributed by atoms with Crippen molar-refractivity contribution in [1.82, 2.24) is 10.3 Å². The molecule has 0 radical (unpaired) electrons. The quantitative estimate of drug-likeness (QED) is 0.332. The smallest absolute Gasteiger partial charge is 0.330 e. The molecule has 1 aromatic heterocycles. The predicted molar refractivity (Wildman–Crippen MR) is 93.7 cm³/mol. The number of aromatic nitrogens is 1. The zero-order valence-electron chi connectivity index (χ0n) is 12.2. The fourth-order valence-corrected chi connectivity index (χ4v) is 2.84. The van der Waals surface area contributed by atoms with Gasteiger partial charge in [-0.15, -0.1) is 0 Å². The first-order chi connectivity index (χ1) is 10.6. The second-order valence-corrected chi connectivity index (χ2v) is 5.64. The predicted octanol–water partition coefficient (Wildman–Crippen LogP) is 3.01. The molecule has 0 atom stereocenters. The lowest BCUT2D eigenvalue weighted by molar-refractivity contribution is -0.137. The van der Waals surface area contributed by atoms with Crippen LogP contribution in [0.2, 0.25) is 0 Å². The number of H-pyrrole nitrogens is 1. The molecule has 0 saturated carbocycles. The third-order valence-electron chi connectivity index (χ3n) is 3.01. The zero-order chi connectivity index (χ0) is 15.9. The third kappa shape index (κ3) is 4.09. The van der Waals surface area contributed by atoms with Crippen LogP contribution in [-0.4, -0.2) is 30.0 Å². The number of amides is 1. The van der Waals surface area contributed by atoms with E-state index in [-0.39, 0.29) is 11.9 Å². The average Bonchev–Trinajstić information content (AvgIpc) is 2.85. The monoisotopic (exact) mass is 412 g/mol. The van der Waals surface area contributed by atoms with E-state index in [0.717, 1.165) is 14.5 Å². The van der Waals surface area contributed by atoms with Crippen LogP contribution in [0, 0.1) is 3.57 Å². The van der Waals surface area contributed by atoms with Crippen LogP contribution in [0.4, 0.5) is 0 Å². The van der Waals surface area contributed by atoms with Crippen molar-refractivity contribution in [1.29, 1.82) is 0 Å². The van der Waals surface area contributed by atoms with Gasteiger partial charge >= 0.3 is 5.97 Å². The van der Waals surface area contributed by atoms with Gasteiger partial charge in [-0.2, -0.15) is 0 Å². The molecule has 0 fully saturated rings. The van der Waals surface area contributed by atoms with Gasteiger partial charge < -0.3 is 15.0 Å². The largest absolute Gasteiger partial charge is 0.463 e. The van der Waals surface area contributed by atoms with E-state index in [1.54, 1.807) is 13.0 Å². The molecule has 0 saturated heterocycles. The van der Waals surface area contributed by atoms with E-state index in [0.29, 0.717) is 25.3 Å². The van der Waals surface area contributed by atoms with Gasteiger partial charge in [0.2, 0.25) is 0 Å². The molecule has 22 heavy (non-hydrogen) atoms. The summed E-state index contributed by atoms with van der Waals surface area (Å²) in [5.74, 6) is -0.510. The number of esters is 1. The first-order valence-electron chi connectivity index (χ1n) is 7.01. The van der Waals surface area contributed by atoms with Crippen LogP contribution < -0.4 is 5.32 Å².